The molecule has 0 aliphatic heterocycles. The Morgan fingerprint density at radius 3 is 2.75 bits per heavy atom. The first-order chi connectivity index (χ1) is 3.81. The average molecular weight is 111 g/mol. The van der Waals surface area contributed by atoms with Gasteiger partial charge in [-0.15, -0.1) is 6.58 Å². The van der Waals surface area contributed by atoms with E-state index < -0.39 is 0 Å². The van der Waals surface area contributed by atoms with Crippen molar-refractivity contribution in [1.29, 1.82) is 0 Å². The van der Waals surface area contributed by atoms with Gasteiger partial charge in [0.1, 0.15) is 0 Å². The maximum atomic E-state index is 3.75. The third-order valence-electron chi connectivity index (χ3n) is 0.923. The van der Waals surface area contributed by atoms with Crippen molar-refractivity contribution in [1.82, 2.24) is 5.32 Å². The zero-order valence-corrected chi connectivity index (χ0v) is 5.41. The molecule has 0 atom stereocenters. The predicted molar refractivity (Wildman–Crippen MR) is 37.6 cm³/mol. The largest absolute Gasteiger partial charge is 0.385 e. The van der Waals surface area contributed by atoms with Crippen LogP contribution in [0.25, 0.3) is 0 Å². The summed E-state index contributed by atoms with van der Waals surface area (Å²) in [5.41, 5.74) is 1.07. The number of allylic oxidation sites excluding steroid dienone is 1. The van der Waals surface area contributed by atoms with Gasteiger partial charge >= 0.3 is 0 Å². The molecule has 1 nitrogen and oxygen atoms in total. The van der Waals surface area contributed by atoms with E-state index in [-0.39, 0.29) is 0 Å². The van der Waals surface area contributed by atoms with Gasteiger partial charge in [-0.1, -0.05) is 19.6 Å². The van der Waals surface area contributed by atoms with Crippen molar-refractivity contribution >= 4 is 0 Å². The molecule has 1 heteroatoms. The number of hydrogen-bond acceptors (Lipinski definition) is 1. The zero-order chi connectivity index (χ0) is 6.41. The summed E-state index contributed by atoms with van der Waals surface area (Å²) in [6, 6.07) is 0. The normalized spacial score (nSPS) is 8.12. The third-order valence-corrected chi connectivity index (χ3v) is 0.923. The maximum Gasteiger partial charge on any atom is 0.0325 e. The summed E-state index contributed by atoms with van der Waals surface area (Å²) in [4.78, 5) is 0. The van der Waals surface area contributed by atoms with Crippen molar-refractivity contribution in [3.63, 3.8) is 0 Å². The fourth-order valence-corrected chi connectivity index (χ4v) is 0.342. The smallest absolute Gasteiger partial charge is 0.0325 e. The van der Waals surface area contributed by atoms with E-state index in [9.17, 15) is 0 Å². The molecule has 0 aromatic rings. The lowest BCUT2D eigenvalue weighted by molar-refractivity contribution is 0.850. The molecular weight excluding hydrogens is 98.1 g/mol. The second-order valence-corrected chi connectivity index (χ2v) is 1.63. The van der Waals surface area contributed by atoms with Gasteiger partial charge in [-0.2, -0.15) is 0 Å². The highest BCUT2D eigenvalue weighted by Gasteiger charge is 1.81. The molecule has 1 N–H and O–H groups in total. The Balaban J connectivity index is 3.11. The number of rotatable bonds is 4. The Morgan fingerprint density at radius 2 is 2.38 bits per heavy atom. The number of nitrogens with one attached hydrogen (secondary N) is 1. The molecule has 0 fully saturated rings. The molecular formula is C7H13N. The van der Waals surface area contributed by atoms with Crippen LogP contribution in [0.15, 0.2) is 24.9 Å². The van der Waals surface area contributed by atoms with Gasteiger partial charge in [0.2, 0.25) is 0 Å². The molecule has 0 aromatic heterocycles. The zero-order valence-electron chi connectivity index (χ0n) is 5.41. The Kier molecular flexibility index (Phi) is 4.04. The fourth-order valence-electron chi connectivity index (χ4n) is 0.342. The first-order valence-corrected chi connectivity index (χ1v) is 2.83. The van der Waals surface area contributed by atoms with Crippen molar-refractivity contribution in [2.24, 2.45) is 0 Å². The quantitative estimate of drug-likeness (QED) is 0.544. The average Bonchev–Trinajstić information content (AvgIpc) is 1.83. The summed E-state index contributed by atoms with van der Waals surface area (Å²) in [7, 11) is 0. The molecule has 0 spiro atoms. The molecule has 0 heterocycles. The molecule has 0 amide bonds. The van der Waals surface area contributed by atoms with E-state index in [1.54, 1.807) is 0 Å². The summed E-state index contributed by atoms with van der Waals surface area (Å²) in [6.07, 6.45) is 2.81. The minimum absolute atomic E-state index is 0.826. The second-order valence-electron chi connectivity index (χ2n) is 1.63. The van der Waals surface area contributed by atoms with Crippen LogP contribution in [0.3, 0.4) is 0 Å². The van der Waals surface area contributed by atoms with Crippen LogP contribution >= 0.6 is 0 Å². The van der Waals surface area contributed by atoms with E-state index in [1.165, 1.54) is 0 Å². The maximum absolute atomic E-state index is 3.75. The highest BCUT2D eigenvalue weighted by molar-refractivity contribution is 4.91. The molecule has 0 radical (unpaired) electrons. The van der Waals surface area contributed by atoms with E-state index in [4.69, 9.17) is 0 Å². The van der Waals surface area contributed by atoms with Crippen molar-refractivity contribution in [3.8, 4) is 0 Å². The van der Waals surface area contributed by atoms with E-state index in [0.717, 1.165) is 18.7 Å². The van der Waals surface area contributed by atoms with E-state index in [2.05, 4.69) is 25.4 Å². The molecule has 0 aromatic carbocycles. The van der Waals surface area contributed by atoms with Gasteiger partial charge in [0, 0.05) is 12.2 Å². The molecule has 0 saturated carbocycles. The summed E-state index contributed by atoms with van der Waals surface area (Å²) < 4.78 is 0. The monoisotopic (exact) mass is 111 g/mol. The summed E-state index contributed by atoms with van der Waals surface area (Å²) >= 11 is 0. The topological polar surface area (TPSA) is 12.0 Å². The first kappa shape index (κ1) is 7.28. The lowest BCUT2D eigenvalue weighted by Gasteiger charge is -2.01. The van der Waals surface area contributed by atoms with Gasteiger partial charge in [0.15, 0.2) is 0 Å². The summed E-state index contributed by atoms with van der Waals surface area (Å²) in [5.74, 6) is 0. The van der Waals surface area contributed by atoms with Crippen molar-refractivity contribution < 1.29 is 0 Å². The molecule has 0 unspecified atom stereocenters. The Morgan fingerprint density at radius 1 is 1.75 bits per heavy atom. The van der Waals surface area contributed by atoms with E-state index in [1.807, 2.05) is 6.08 Å². The van der Waals surface area contributed by atoms with Gasteiger partial charge < -0.3 is 5.32 Å². The SMILES string of the molecule is C=CCNC(=C)CC. The van der Waals surface area contributed by atoms with Crippen LogP contribution in [0.1, 0.15) is 13.3 Å². The lowest BCUT2D eigenvalue weighted by Crippen LogP contribution is -2.10. The molecule has 0 saturated heterocycles. The van der Waals surface area contributed by atoms with Gasteiger partial charge in [-0.25, -0.2) is 0 Å². The predicted octanol–water partition coefficient (Wildman–Crippen LogP) is 1.69. The molecule has 0 aliphatic rings. The van der Waals surface area contributed by atoms with Crippen LogP contribution < -0.4 is 5.32 Å². The van der Waals surface area contributed by atoms with Crippen LogP contribution in [0.4, 0.5) is 0 Å². The fraction of sp³-hybridized carbons (Fsp3) is 0.429. The Bertz CT molecular complexity index is 84.4. The van der Waals surface area contributed by atoms with Crippen LogP contribution in [-0.4, -0.2) is 6.54 Å². The van der Waals surface area contributed by atoms with Gasteiger partial charge in [0.25, 0.3) is 0 Å². The molecule has 46 valence electrons. The van der Waals surface area contributed by atoms with Crippen LogP contribution in [0.5, 0.6) is 0 Å². The van der Waals surface area contributed by atoms with Crippen LogP contribution in [0.2, 0.25) is 0 Å². The molecule has 8 heavy (non-hydrogen) atoms. The van der Waals surface area contributed by atoms with E-state index >= 15 is 0 Å². The number of hydrogen-bond donors (Lipinski definition) is 1. The van der Waals surface area contributed by atoms with Crippen molar-refractivity contribution in [2.75, 3.05) is 6.54 Å². The standard InChI is InChI=1S/C7H13N/c1-4-6-8-7(3)5-2/h4,8H,1,3,5-6H2,2H3. The first-order valence-electron chi connectivity index (χ1n) is 2.83. The minimum atomic E-state index is 0.826. The Labute approximate surface area is 51.1 Å². The highest BCUT2D eigenvalue weighted by Crippen LogP contribution is 1.87. The minimum Gasteiger partial charge on any atom is -0.385 e. The molecule has 0 rings (SSSR count). The highest BCUT2D eigenvalue weighted by atomic mass is 14.9. The van der Waals surface area contributed by atoms with Crippen LogP contribution in [0, 0.1) is 0 Å². The Hall–Kier alpha value is -0.720. The molecule has 0 aliphatic carbocycles. The second kappa shape index (κ2) is 4.44. The van der Waals surface area contributed by atoms with Gasteiger partial charge in [-0.3, -0.25) is 0 Å². The van der Waals surface area contributed by atoms with Crippen molar-refractivity contribution in [3.05, 3.63) is 24.9 Å². The van der Waals surface area contributed by atoms with E-state index in [0.29, 0.717) is 0 Å². The van der Waals surface area contributed by atoms with Crippen molar-refractivity contribution in [2.45, 2.75) is 13.3 Å². The summed E-state index contributed by atoms with van der Waals surface area (Å²) in [6.45, 7) is 10.2. The van der Waals surface area contributed by atoms with Crippen LogP contribution in [-0.2, 0) is 0 Å². The molecule has 0 bridgehead atoms. The summed E-state index contributed by atoms with van der Waals surface area (Å²) in [5, 5.41) is 3.07. The van der Waals surface area contributed by atoms with Gasteiger partial charge in [0.05, 0.1) is 0 Å². The third kappa shape index (κ3) is 3.47. The lowest BCUT2D eigenvalue weighted by atomic mass is 10.4. The van der Waals surface area contributed by atoms with Gasteiger partial charge in [-0.05, 0) is 6.42 Å².